The van der Waals surface area contributed by atoms with Crippen molar-refractivity contribution >= 4 is 23.7 Å². The highest BCUT2D eigenvalue weighted by Crippen LogP contribution is 2.34. The van der Waals surface area contributed by atoms with Crippen molar-refractivity contribution in [3.8, 4) is 5.75 Å². The van der Waals surface area contributed by atoms with Crippen molar-refractivity contribution in [3.05, 3.63) is 64.7 Å². The fraction of sp³-hybridized carbons (Fsp3) is 0.579. The minimum Gasteiger partial charge on any atom is -0.489 e. The normalized spacial score (nSPS) is 18.2. The lowest BCUT2D eigenvalue weighted by Crippen LogP contribution is -2.52. The van der Waals surface area contributed by atoms with Gasteiger partial charge in [0.1, 0.15) is 18.4 Å². The first-order valence-electron chi connectivity index (χ1n) is 18.2. The summed E-state index contributed by atoms with van der Waals surface area (Å²) in [4.78, 5) is 55.0. The molecule has 13 heteroatoms. The molecule has 5 rings (SSSR count). The van der Waals surface area contributed by atoms with Gasteiger partial charge in [-0.3, -0.25) is 34.3 Å². The molecule has 0 spiro atoms. The van der Waals surface area contributed by atoms with Gasteiger partial charge >= 0.3 is 5.97 Å². The molecule has 0 aromatic heterocycles. The summed E-state index contributed by atoms with van der Waals surface area (Å²) in [6, 6.07) is 13.2. The van der Waals surface area contributed by atoms with Gasteiger partial charge in [-0.15, -0.1) is 0 Å². The quantitative estimate of drug-likeness (QED) is 0.117. The smallest absolute Gasteiger partial charge is 0.308 e. The first kappa shape index (κ1) is 38.4. The Balaban J connectivity index is 0.911. The number of ether oxygens (including phenoxy) is 5. The van der Waals surface area contributed by atoms with Crippen LogP contribution in [0.5, 0.6) is 5.75 Å². The van der Waals surface area contributed by atoms with E-state index in [1.54, 1.807) is 17.0 Å². The molecule has 3 aliphatic rings. The lowest BCUT2D eigenvalue weighted by atomic mass is 10.0. The van der Waals surface area contributed by atoms with Crippen LogP contribution in [0.1, 0.15) is 66.1 Å². The molecule has 278 valence electrons. The molecular weight excluding hydrogens is 656 g/mol. The van der Waals surface area contributed by atoms with E-state index in [0.29, 0.717) is 70.6 Å². The molecule has 13 nitrogen and oxygen atoms in total. The molecule has 0 saturated carbocycles. The highest BCUT2D eigenvalue weighted by molar-refractivity contribution is 6.05. The molecule has 0 bridgehead atoms. The van der Waals surface area contributed by atoms with Crippen molar-refractivity contribution in [3.63, 3.8) is 0 Å². The largest absolute Gasteiger partial charge is 0.489 e. The van der Waals surface area contributed by atoms with Gasteiger partial charge in [-0.05, 0) is 36.1 Å². The summed E-state index contributed by atoms with van der Waals surface area (Å²) in [7, 11) is 0. The second kappa shape index (κ2) is 20.2. The van der Waals surface area contributed by atoms with E-state index in [0.717, 1.165) is 63.2 Å². The first-order chi connectivity index (χ1) is 24.9. The second-order valence-corrected chi connectivity index (χ2v) is 13.1. The van der Waals surface area contributed by atoms with E-state index >= 15 is 0 Å². The van der Waals surface area contributed by atoms with Crippen LogP contribution in [0.2, 0.25) is 0 Å². The summed E-state index contributed by atoms with van der Waals surface area (Å²) in [6.45, 7) is 12.0. The van der Waals surface area contributed by atoms with Gasteiger partial charge in [0.2, 0.25) is 11.8 Å². The lowest BCUT2D eigenvalue weighted by molar-refractivity contribution is -0.145. The number of nitrogens with zero attached hydrogens (tertiary/aromatic N) is 3. The number of hydrogen-bond acceptors (Lipinski definition) is 11. The fourth-order valence-corrected chi connectivity index (χ4v) is 6.32. The Morgan fingerprint density at radius 1 is 0.824 bits per heavy atom. The van der Waals surface area contributed by atoms with Gasteiger partial charge in [-0.1, -0.05) is 43.7 Å². The topological polar surface area (TPSA) is 136 Å². The lowest BCUT2D eigenvalue weighted by Gasteiger charge is -2.34. The summed E-state index contributed by atoms with van der Waals surface area (Å²) in [5.41, 5.74) is 3.59. The number of piperazine rings is 1. The number of unbranched alkanes of at least 4 members (excludes halogenated alkanes) is 1. The Hall–Kier alpha value is -3.88. The van der Waals surface area contributed by atoms with Gasteiger partial charge in [-0.25, -0.2) is 0 Å². The molecule has 2 aromatic rings. The minimum absolute atomic E-state index is 0.209. The van der Waals surface area contributed by atoms with Crippen LogP contribution >= 0.6 is 0 Å². The van der Waals surface area contributed by atoms with E-state index in [-0.39, 0.29) is 37.2 Å². The fourth-order valence-electron chi connectivity index (χ4n) is 6.32. The maximum Gasteiger partial charge on any atom is 0.308 e. The van der Waals surface area contributed by atoms with Crippen molar-refractivity contribution in [2.24, 2.45) is 0 Å². The van der Waals surface area contributed by atoms with Gasteiger partial charge < -0.3 is 28.6 Å². The van der Waals surface area contributed by atoms with E-state index in [9.17, 15) is 19.2 Å². The zero-order chi connectivity index (χ0) is 35.8. The number of rotatable bonds is 21. The van der Waals surface area contributed by atoms with Gasteiger partial charge in [0.15, 0.2) is 0 Å². The average molecular weight is 709 g/mol. The van der Waals surface area contributed by atoms with Crippen LogP contribution in [0.25, 0.3) is 0 Å². The summed E-state index contributed by atoms with van der Waals surface area (Å²) < 4.78 is 28.0. The minimum atomic E-state index is -0.652. The van der Waals surface area contributed by atoms with Crippen molar-refractivity contribution in [1.82, 2.24) is 20.0 Å². The van der Waals surface area contributed by atoms with Gasteiger partial charge in [0, 0.05) is 56.8 Å². The third-order valence-electron chi connectivity index (χ3n) is 9.33. The van der Waals surface area contributed by atoms with Crippen molar-refractivity contribution < 1.29 is 42.9 Å². The zero-order valence-corrected chi connectivity index (χ0v) is 29.8. The van der Waals surface area contributed by atoms with Crippen LogP contribution in [0.3, 0.4) is 0 Å². The summed E-state index contributed by atoms with van der Waals surface area (Å²) in [5.74, 6) is -0.514. The number of carbonyl (C=O) groups is 4. The van der Waals surface area contributed by atoms with Crippen molar-refractivity contribution in [2.75, 3.05) is 79.0 Å². The molecule has 0 unspecified atom stereocenters. The van der Waals surface area contributed by atoms with E-state index in [1.807, 2.05) is 6.07 Å². The van der Waals surface area contributed by atoms with E-state index in [1.165, 1.54) is 5.56 Å². The van der Waals surface area contributed by atoms with Crippen LogP contribution in [0.4, 0.5) is 0 Å². The maximum atomic E-state index is 13.1. The standard InChI is InChI=1S/C38H52N4O9/c1-2-3-19-50-36(44)13-20-47-22-24-49-25-23-48-21-18-40-14-16-41(17-15-40)26-29-7-9-30(10-8-29)28-51-34-6-4-5-31-32(34)27-42(38(31)46)33-11-12-35(43)39-37(33)45/h4-10,33H,2-3,11-28H2,1H3,(H,39,43,45)/t33-/m0/s1. The maximum absolute atomic E-state index is 13.1. The van der Waals surface area contributed by atoms with Crippen LogP contribution in [-0.2, 0) is 53.0 Å². The van der Waals surface area contributed by atoms with Gasteiger partial charge in [0.25, 0.3) is 5.91 Å². The van der Waals surface area contributed by atoms with Crippen LogP contribution in [0, 0.1) is 0 Å². The first-order valence-corrected chi connectivity index (χ1v) is 18.2. The molecular formula is C38H52N4O9. The molecule has 2 aromatic carbocycles. The van der Waals surface area contributed by atoms with E-state index in [4.69, 9.17) is 23.7 Å². The molecule has 2 fully saturated rings. The monoisotopic (exact) mass is 708 g/mol. The molecule has 1 atom stereocenters. The summed E-state index contributed by atoms with van der Waals surface area (Å²) in [5, 5.41) is 2.35. The Morgan fingerprint density at radius 3 is 2.24 bits per heavy atom. The SMILES string of the molecule is CCCCOC(=O)CCOCCOCCOCCN1CCN(Cc2ccc(COc3cccc4c3CN([C@H]3CCC(=O)NC3=O)C4=O)cc2)CC1. The van der Waals surface area contributed by atoms with Crippen molar-refractivity contribution in [2.45, 2.75) is 64.8 Å². The van der Waals surface area contributed by atoms with Crippen LogP contribution in [0.15, 0.2) is 42.5 Å². The zero-order valence-electron chi connectivity index (χ0n) is 29.8. The molecule has 1 N–H and O–H groups in total. The number of imide groups is 1. The number of hydrogen-bond donors (Lipinski definition) is 1. The molecule has 3 aliphatic heterocycles. The van der Waals surface area contributed by atoms with E-state index < -0.39 is 11.9 Å². The predicted octanol–water partition coefficient (Wildman–Crippen LogP) is 2.93. The number of esters is 1. The van der Waals surface area contributed by atoms with E-state index in [2.05, 4.69) is 46.3 Å². The number of carbonyl (C=O) groups excluding carboxylic acids is 4. The average Bonchev–Trinajstić information content (AvgIpc) is 3.47. The Labute approximate surface area is 300 Å². The summed E-state index contributed by atoms with van der Waals surface area (Å²) >= 11 is 0. The molecule has 51 heavy (non-hydrogen) atoms. The Morgan fingerprint density at radius 2 is 1.51 bits per heavy atom. The third-order valence-corrected chi connectivity index (χ3v) is 9.33. The molecule has 3 heterocycles. The van der Waals surface area contributed by atoms with Crippen LogP contribution < -0.4 is 10.1 Å². The van der Waals surface area contributed by atoms with Gasteiger partial charge in [-0.2, -0.15) is 0 Å². The molecule has 0 radical (unpaired) electrons. The molecule has 0 aliphatic carbocycles. The van der Waals surface area contributed by atoms with Gasteiger partial charge in [0.05, 0.1) is 59.2 Å². The Bertz CT molecular complexity index is 1450. The predicted molar refractivity (Wildman–Crippen MR) is 188 cm³/mol. The molecule has 2 saturated heterocycles. The van der Waals surface area contributed by atoms with Crippen molar-refractivity contribution in [1.29, 1.82) is 0 Å². The number of amides is 3. The van der Waals surface area contributed by atoms with Crippen LogP contribution in [-0.4, -0.2) is 123 Å². The highest BCUT2D eigenvalue weighted by Gasteiger charge is 2.40. The number of nitrogens with one attached hydrogen (secondary N) is 1. The molecule has 3 amide bonds. The third kappa shape index (κ3) is 11.8. The summed E-state index contributed by atoms with van der Waals surface area (Å²) in [6.07, 6.45) is 2.72. The number of piperidine rings is 1. The number of fused-ring (bicyclic) bond motifs is 1. The highest BCUT2D eigenvalue weighted by atomic mass is 16.5. The Kier molecular flexibility index (Phi) is 15.2. The number of benzene rings is 2. The second-order valence-electron chi connectivity index (χ2n) is 13.1.